The first-order valence-corrected chi connectivity index (χ1v) is 10.7. The first kappa shape index (κ1) is 23.8. The molecule has 2 aromatic carbocycles. The highest BCUT2D eigenvalue weighted by atomic mass is 16.7. The molecule has 5 unspecified atom stereocenters. The zero-order valence-electron chi connectivity index (χ0n) is 18.3. The van der Waals surface area contributed by atoms with Crippen molar-refractivity contribution in [2.45, 2.75) is 30.7 Å². The molecule has 1 aliphatic rings. The molecule has 0 bridgehead atoms. The van der Waals surface area contributed by atoms with Gasteiger partial charge < -0.3 is 48.6 Å². The summed E-state index contributed by atoms with van der Waals surface area (Å²) < 4.78 is 26.8. The number of hydrogen-bond donors (Lipinski definition) is 5. The molecule has 0 aliphatic carbocycles. The van der Waals surface area contributed by atoms with Gasteiger partial charge in [0.1, 0.15) is 41.3 Å². The van der Waals surface area contributed by atoms with E-state index in [2.05, 4.69) is 0 Å². The summed E-state index contributed by atoms with van der Waals surface area (Å²) in [5, 5.41) is 50.6. The van der Waals surface area contributed by atoms with E-state index in [1.807, 2.05) is 0 Å². The van der Waals surface area contributed by atoms with E-state index in [1.165, 1.54) is 24.3 Å². The summed E-state index contributed by atoms with van der Waals surface area (Å²) in [5.41, 5.74) is -1.14. The van der Waals surface area contributed by atoms with Crippen molar-refractivity contribution in [3.8, 4) is 23.0 Å². The highest BCUT2D eigenvalue weighted by Crippen LogP contribution is 2.35. The lowest BCUT2D eigenvalue weighted by molar-refractivity contribution is -0.277. The van der Waals surface area contributed by atoms with Crippen molar-refractivity contribution in [3.63, 3.8) is 0 Å². The van der Waals surface area contributed by atoms with Crippen molar-refractivity contribution in [2.24, 2.45) is 0 Å². The van der Waals surface area contributed by atoms with Gasteiger partial charge >= 0.3 is 11.3 Å². The second-order valence-electron chi connectivity index (χ2n) is 8.13. The summed E-state index contributed by atoms with van der Waals surface area (Å²) in [5.74, 6) is -0.704. The molecule has 188 valence electrons. The summed E-state index contributed by atoms with van der Waals surface area (Å²) >= 11 is 0. The summed E-state index contributed by atoms with van der Waals surface area (Å²) in [6, 6.07) is 11.2. The van der Waals surface area contributed by atoms with Gasteiger partial charge in [-0.05, 0) is 30.3 Å². The van der Waals surface area contributed by atoms with Crippen LogP contribution in [0.15, 0.2) is 67.0 Å². The Hall–Kier alpha value is -3.94. The number of phenols is 1. The number of aromatic hydroxyl groups is 1. The molecule has 5 N–H and O–H groups in total. The zero-order valence-corrected chi connectivity index (χ0v) is 18.3. The van der Waals surface area contributed by atoms with E-state index in [4.69, 9.17) is 23.0 Å². The number of hydrogen-bond acceptors (Lipinski definition) is 12. The fourth-order valence-corrected chi connectivity index (χ4v) is 3.80. The number of rotatable bonds is 5. The highest BCUT2D eigenvalue weighted by molar-refractivity contribution is 5.82. The van der Waals surface area contributed by atoms with Crippen LogP contribution in [-0.4, -0.2) is 62.8 Å². The molecule has 1 saturated heterocycles. The van der Waals surface area contributed by atoms with Gasteiger partial charge in [0.05, 0.1) is 6.61 Å². The second kappa shape index (κ2) is 9.26. The van der Waals surface area contributed by atoms with E-state index < -0.39 is 54.3 Å². The topological polar surface area (TPSA) is 189 Å². The number of aliphatic hydroxyl groups excluding tert-OH is 4. The summed E-state index contributed by atoms with van der Waals surface area (Å²) in [7, 11) is 0. The third kappa shape index (κ3) is 4.39. The van der Waals surface area contributed by atoms with Crippen LogP contribution in [0.3, 0.4) is 0 Å². The van der Waals surface area contributed by atoms with Crippen LogP contribution in [0.5, 0.6) is 23.0 Å². The van der Waals surface area contributed by atoms with Crippen molar-refractivity contribution in [2.75, 3.05) is 6.61 Å². The van der Waals surface area contributed by atoms with E-state index in [9.17, 15) is 35.1 Å². The van der Waals surface area contributed by atoms with Crippen LogP contribution in [0.25, 0.3) is 21.9 Å². The lowest BCUT2D eigenvalue weighted by Gasteiger charge is -2.39. The Morgan fingerprint density at radius 3 is 2.31 bits per heavy atom. The number of aliphatic hydroxyl groups is 4. The zero-order chi connectivity index (χ0) is 25.6. The SMILES string of the molecule is O=c1ccc2ccc(Oc3cc4cc(OC5OC(CO)C(O)C(O)C5O)c(O)cc4oc3=O)cc2o1. The monoisotopic (exact) mass is 500 g/mol. The summed E-state index contributed by atoms with van der Waals surface area (Å²) in [6.45, 7) is -0.654. The second-order valence-corrected chi connectivity index (χ2v) is 8.13. The number of benzene rings is 2. The van der Waals surface area contributed by atoms with Crippen molar-refractivity contribution in [1.82, 2.24) is 0 Å². The third-order valence-corrected chi connectivity index (χ3v) is 5.70. The normalized spacial score (nSPS) is 24.2. The molecule has 0 saturated carbocycles. The van der Waals surface area contributed by atoms with Crippen LogP contribution in [0.4, 0.5) is 0 Å². The van der Waals surface area contributed by atoms with E-state index in [0.29, 0.717) is 5.39 Å². The highest BCUT2D eigenvalue weighted by Gasteiger charge is 2.45. The standard InChI is InChI=1S/C24H20O12/c25-9-18-20(28)21(29)22(30)24(36-18)35-16-5-11-6-17(23(31)34-15(11)8-13(16)26)32-12-3-1-10-2-4-19(27)33-14(10)7-12/h1-8,18,20-22,24-26,28-30H,9H2. The van der Waals surface area contributed by atoms with Gasteiger partial charge in [0.2, 0.25) is 12.0 Å². The maximum absolute atomic E-state index is 12.4. The molecule has 4 aromatic rings. The van der Waals surface area contributed by atoms with Crippen LogP contribution in [-0.2, 0) is 4.74 Å². The molecular weight excluding hydrogens is 480 g/mol. The molecule has 5 atom stereocenters. The Balaban J connectivity index is 1.46. The fraction of sp³-hybridized carbons (Fsp3) is 0.250. The Morgan fingerprint density at radius 2 is 1.53 bits per heavy atom. The van der Waals surface area contributed by atoms with Crippen LogP contribution < -0.4 is 20.7 Å². The predicted octanol–water partition coefficient (Wildman–Crippen LogP) is 0.576. The van der Waals surface area contributed by atoms with E-state index in [-0.39, 0.29) is 33.8 Å². The van der Waals surface area contributed by atoms with Crippen LogP contribution in [0.2, 0.25) is 0 Å². The van der Waals surface area contributed by atoms with Crippen molar-refractivity contribution < 1.29 is 48.6 Å². The lowest BCUT2D eigenvalue weighted by atomic mass is 9.99. The molecule has 5 rings (SSSR count). The Labute approximate surface area is 200 Å². The van der Waals surface area contributed by atoms with Gasteiger partial charge in [0.25, 0.3) is 0 Å². The molecule has 36 heavy (non-hydrogen) atoms. The lowest BCUT2D eigenvalue weighted by Crippen LogP contribution is -2.60. The van der Waals surface area contributed by atoms with Gasteiger partial charge in [-0.15, -0.1) is 0 Å². The van der Waals surface area contributed by atoms with Gasteiger partial charge in [0.15, 0.2) is 11.5 Å². The van der Waals surface area contributed by atoms with Gasteiger partial charge in [0, 0.05) is 29.0 Å². The minimum absolute atomic E-state index is 0.00416. The van der Waals surface area contributed by atoms with Gasteiger partial charge in [-0.1, -0.05) is 0 Å². The molecule has 0 amide bonds. The van der Waals surface area contributed by atoms with E-state index >= 15 is 0 Å². The smallest absolute Gasteiger partial charge is 0.379 e. The molecule has 12 heteroatoms. The molecular formula is C24H20O12. The quantitative estimate of drug-likeness (QED) is 0.240. The van der Waals surface area contributed by atoms with Gasteiger partial charge in [-0.25, -0.2) is 9.59 Å². The first-order valence-electron chi connectivity index (χ1n) is 10.7. The maximum atomic E-state index is 12.4. The Bertz CT molecular complexity index is 1540. The first-order chi connectivity index (χ1) is 17.2. The number of ether oxygens (including phenoxy) is 3. The summed E-state index contributed by atoms with van der Waals surface area (Å²) in [6.07, 6.45) is -7.69. The van der Waals surface area contributed by atoms with E-state index in [1.54, 1.807) is 18.2 Å². The van der Waals surface area contributed by atoms with E-state index in [0.717, 1.165) is 6.07 Å². The fourth-order valence-electron chi connectivity index (χ4n) is 3.80. The van der Waals surface area contributed by atoms with Crippen LogP contribution in [0.1, 0.15) is 0 Å². The minimum Gasteiger partial charge on any atom is -0.504 e. The Morgan fingerprint density at radius 1 is 0.806 bits per heavy atom. The average molecular weight is 500 g/mol. The molecule has 12 nitrogen and oxygen atoms in total. The average Bonchev–Trinajstić information content (AvgIpc) is 2.85. The molecule has 1 fully saturated rings. The molecule has 0 spiro atoms. The molecule has 1 aliphatic heterocycles. The Kier molecular flexibility index (Phi) is 6.12. The van der Waals surface area contributed by atoms with Crippen molar-refractivity contribution in [1.29, 1.82) is 0 Å². The van der Waals surface area contributed by atoms with Crippen LogP contribution in [0, 0.1) is 0 Å². The maximum Gasteiger partial charge on any atom is 0.379 e. The summed E-state index contributed by atoms with van der Waals surface area (Å²) in [4.78, 5) is 23.9. The number of phenolic OH excluding ortho intramolecular Hbond substituents is 1. The number of fused-ring (bicyclic) bond motifs is 2. The van der Waals surface area contributed by atoms with Crippen LogP contribution >= 0.6 is 0 Å². The van der Waals surface area contributed by atoms with Crippen molar-refractivity contribution in [3.05, 3.63) is 69.4 Å². The van der Waals surface area contributed by atoms with Crippen molar-refractivity contribution >= 4 is 21.9 Å². The molecule has 2 aromatic heterocycles. The largest absolute Gasteiger partial charge is 0.504 e. The third-order valence-electron chi connectivity index (χ3n) is 5.70. The van der Waals surface area contributed by atoms with Gasteiger partial charge in [-0.3, -0.25) is 0 Å². The molecule has 0 radical (unpaired) electrons. The minimum atomic E-state index is -1.70. The molecule has 3 heterocycles. The van der Waals surface area contributed by atoms with Gasteiger partial charge in [-0.2, -0.15) is 0 Å². The predicted molar refractivity (Wildman–Crippen MR) is 121 cm³/mol.